The summed E-state index contributed by atoms with van der Waals surface area (Å²) in [6.07, 6.45) is 3.60. The van der Waals surface area contributed by atoms with Crippen molar-refractivity contribution < 1.29 is 14.0 Å². The van der Waals surface area contributed by atoms with Gasteiger partial charge in [0.2, 0.25) is 17.5 Å². The molecular weight excluding hydrogens is 516 g/mol. The maximum absolute atomic E-state index is 13.7. The highest BCUT2D eigenvalue weighted by molar-refractivity contribution is 6.42. The molecule has 4 aromatic rings. The van der Waals surface area contributed by atoms with Crippen LogP contribution in [0.1, 0.15) is 34.1 Å². The minimum absolute atomic E-state index is 0.251. The molecule has 0 aliphatic heterocycles. The molecule has 0 spiro atoms. The topological polar surface area (TPSA) is 81.3 Å². The molecule has 0 atom stereocenters. The average molecular weight is 540 g/mol. The minimum Gasteiger partial charge on any atom is -0.348 e. The molecule has 10 heteroatoms. The first kappa shape index (κ1) is 26.3. The highest BCUT2D eigenvalue weighted by Crippen LogP contribution is 2.26. The van der Waals surface area contributed by atoms with Gasteiger partial charge in [0.05, 0.1) is 16.6 Å². The van der Waals surface area contributed by atoms with E-state index in [2.05, 4.69) is 15.3 Å². The Labute approximate surface area is 223 Å². The molecule has 7 nitrogen and oxygen atoms in total. The van der Waals surface area contributed by atoms with Crippen molar-refractivity contribution in [1.29, 1.82) is 0 Å². The molecule has 0 unspecified atom stereocenters. The molecule has 0 radical (unpaired) electrons. The molecule has 1 N–H and O–H groups in total. The summed E-state index contributed by atoms with van der Waals surface area (Å²) in [4.78, 5) is 32.9. The lowest BCUT2D eigenvalue weighted by atomic mass is 9.98. The Balaban J connectivity index is 1.71. The van der Waals surface area contributed by atoms with Crippen LogP contribution < -0.4 is 10.9 Å². The normalized spacial score (nSPS) is 11.6. The van der Waals surface area contributed by atoms with Crippen molar-refractivity contribution in [3.8, 4) is 11.1 Å². The van der Waals surface area contributed by atoms with E-state index >= 15 is 0 Å². The van der Waals surface area contributed by atoms with Crippen molar-refractivity contribution in [1.82, 2.24) is 19.4 Å². The van der Waals surface area contributed by atoms with Gasteiger partial charge in [-0.05, 0) is 66.1 Å². The number of carbonyl (C=O) groups excluding carboxylic acids is 2. The van der Waals surface area contributed by atoms with Gasteiger partial charge in [-0.15, -0.1) is 0 Å². The van der Waals surface area contributed by atoms with Gasteiger partial charge in [-0.2, -0.15) is 9.38 Å². The molecule has 0 saturated heterocycles. The zero-order chi connectivity index (χ0) is 26.7. The number of pyridine rings is 1. The quantitative estimate of drug-likeness (QED) is 0.347. The molecule has 0 bridgehead atoms. The average Bonchev–Trinajstić information content (AvgIpc) is 3.17. The first-order chi connectivity index (χ1) is 17.6. The number of aryl methyl sites for hydroxylation is 2. The van der Waals surface area contributed by atoms with Crippen LogP contribution in [-0.4, -0.2) is 25.9 Å². The Bertz CT molecular complexity index is 1580. The van der Waals surface area contributed by atoms with Gasteiger partial charge in [0.1, 0.15) is 0 Å². The number of nitrogens with one attached hydrogen (secondary N) is 1. The summed E-state index contributed by atoms with van der Waals surface area (Å²) in [5.74, 6) is -1.19. The minimum atomic E-state index is -0.577. The summed E-state index contributed by atoms with van der Waals surface area (Å²) >= 11 is 12.1. The van der Waals surface area contributed by atoms with Crippen LogP contribution >= 0.6 is 23.2 Å². The van der Waals surface area contributed by atoms with E-state index in [9.17, 15) is 14.0 Å². The second kappa shape index (κ2) is 11.1. The Morgan fingerprint density at radius 2 is 1.81 bits per heavy atom. The van der Waals surface area contributed by atoms with Crippen molar-refractivity contribution in [2.24, 2.45) is 12.0 Å². The summed E-state index contributed by atoms with van der Waals surface area (Å²) in [7, 11) is 1.80. The first-order valence-electron chi connectivity index (χ1n) is 11.4. The summed E-state index contributed by atoms with van der Waals surface area (Å²) in [6, 6.07) is 13.5. The van der Waals surface area contributed by atoms with Crippen molar-refractivity contribution in [2.45, 2.75) is 26.9 Å². The van der Waals surface area contributed by atoms with E-state index < -0.39 is 5.95 Å². The van der Waals surface area contributed by atoms with Crippen LogP contribution in [0.25, 0.3) is 11.1 Å². The van der Waals surface area contributed by atoms with Gasteiger partial charge in [-0.25, -0.2) is 4.98 Å². The van der Waals surface area contributed by atoms with Gasteiger partial charge >= 0.3 is 0 Å². The van der Waals surface area contributed by atoms with E-state index in [0.29, 0.717) is 44.6 Å². The summed E-state index contributed by atoms with van der Waals surface area (Å²) < 4.78 is 17.2. The maximum Gasteiger partial charge on any atom is 0.251 e. The zero-order valence-corrected chi connectivity index (χ0v) is 21.9. The third kappa shape index (κ3) is 6.34. The van der Waals surface area contributed by atoms with Gasteiger partial charge in [-0.3, -0.25) is 9.59 Å². The number of carbonyl (C=O) groups is 2. The van der Waals surface area contributed by atoms with E-state index in [1.165, 1.54) is 13.0 Å². The molecule has 2 amide bonds. The SMILES string of the molecule is CC(=O)N=c1n(C)ccn1Cc1cc(C(=O)NCc2ccc(Cl)c(Cl)c2)cc(-c2ccc(F)nc2C)c1. The number of hydrogen-bond donors (Lipinski definition) is 1. The maximum atomic E-state index is 13.7. The lowest BCUT2D eigenvalue weighted by Crippen LogP contribution is -2.26. The van der Waals surface area contributed by atoms with Crippen LogP contribution in [0.2, 0.25) is 10.0 Å². The number of imidazole rings is 1. The Hall–Kier alpha value is -3.75. The molecule has 190 valence electrons. The largest absolute Gasteiger partial charge is 0.348 e. The predicted molar refractivity (Wildman–Crippen MR) is 141 cm³/mol. The number of hydrogen-bond acceptors (Lipinski definition) is 3. The highest BCUT2D eigenvalue weighted by atomic mass is 35.5. The van der Waals surface area contributed by atoms with E-state index in [-0.39, 0.29) is 18.4 Å². The summed E-state index contributed by atoms with van der Waals surface area (Å²) in [6.45, 7) is 3.70. The number of benzene rings is 2. The van der Waals surface area contributed by atoms with Crippen LogP contribution in [-0.2, 0) is 24.9 Å². The zero-order valence-electron chi connectivity index (χ0n) is 20.4. The summed E-state index contributed by atoms with van der Waals surface area (Å²) in [5, 5.41) is 3.75. The number of aromatic nitrogens is 3. The van der Waals surface area contributed by atoms with E-state index in [0.717, 1.165) is 11.1 Å². The molecule has 0 aliphatic rings. The van der Waals surface area contributed by atoms with Gasteiger partial charge in [0.15, 0.2) is 0 Å². The van der Waals surface area contributed by atoms with Crippen LogP contribution in [0.3, 0.4) is 0 Å². The molecule has 2 aromatic carbocycles. The first-order valence-corrected chi connectivity index (χ1v) is 12.1. The Kier molecular flexibility index (Phi) is 7.90. The van der Waals surface area contributed by atoms with Gasteiger partial charge < -0.3 is 14.5 Å². The molecule has 2 heterocycles. The van der Waals surface area contributed by atoms with Crippen molar-refractivity contribution in [3.63, 3.8) is 0 Å². The lowest BCUT2D eigenvalue weighted by molar-refractivity contribution is -0.116. The number of amides is 2. The summed E-state index contributed by atoms with van der Waals surface area (Å²) in [5.41, 5.74) is 4.39. The molecule has 0 aliphatic carbocycles. The van der Waals surface area contributed by atoms with E-state index in [4.69, 9.17) is 23.2 Å². The molecule has 4 rings (SSSR count). The second-order valence-corrected chi connectivity index (χ2v) is 9.40. The van der Waals surface area contributed by atoms with Crippen LogP contribution in [0.5, 0.6) is 0 Å². The Morgan fingerprint density at radius 3 is 2.51 bits per heavy atom. The molecule has 0 fully saturated rings. The smallest absolute Gasteiger partial charge is 0.251 e. The van der Waals surface area contributed by atoms with Gasteiger partial charge in [-0.1, -0.05) is 29.3 Å². The van der Waals surface area contributed by atoms with E-state index in [1.807, 2.05) is 16.8 Å². The molecule has 2 aromatic heterocycles. The monoisotopic (exact) mass is 539 g/mol. The third-order valence-electron chi connectivity index (χ3n) is 5.71. The van der Waals surface area contributed by atoms with E-state index in [1.54, 1.807) is 61.1 Å². The van der Waals surface area contributed by atoms with Gasteiger partial charge in [0.25, 0.3) is 5.91 Å². The van der Waals surface area contributed by atoms with Crippen molar-refractivity contribution in [3.05, 3.63) is 105 Å². The van der Waals surface area contributed by atoms with Crippen LogP contribution in [0, 0.1) is 12.9 Å². The van der Waals surface area contributed by atoms with Crippen molar-refractivity contribution >= 4 is 35.0 Å². The third-order valence-corrected chi connectivity index (χ3v) is 6.45. The van der Waals surface area contributed by atoms with Crippen LogP contribution in [0.4, 0.5) is 4.39 Å². The molecule has 0 saturated carbocycles. The molecular formula is C27H24Cl2FN5O2. The number of halogens is 3. The van der Waals surface area contributed by atoms with Gasteiger partial charge in [0, 0.05) is 49.7 Å². The molecule has 37 heavy (non-hydrogen) atoms. The standard InChI is InChI=1S/C27H24Cl2FN5O2/c1-16-22(5-7-25(30)32-16)20-10-19(15-35-9-8-34(3)27(35)33-17(2)36)11-21(13-20)26(37)31-14-18-4-6-23(28)24(29)12-18/h4-13H,14-15H2,1-3H3,(H,31,37). The fourth-order valence-electron chi connectivity index (χ4n) is 3.96. The second-order valence-electron chi connectivity index (χ2n) is 8.58. The predicted octanol–water partition coefficient (Wildman–Crippen LogP) is 5.07. The highest BCUT2D eigenvalue weighted by Gasteiger charge is 2.14. The lowest BCUT2D eigenvalue weighted by Gasteiger charge is -2.13. The Morgan fingerprint density at radius 1 is 1.03 bits per heavy atom. The fraction of sp³-hybridized carbons (Fsp3) is 0.185. The van der Waals surface area contributed by atoms with Crippen LogP contribution in [0.15, 0.2) is 65.9 Å². The number of nitrogens with zero attached hydrogens (tertiary/aromatic N) is 4. The fourth-order valence-corrected chi connectivity index (χ4v) is 4.28. The number of rotatable bonds is 6. The van der Waals surface area contributed by atoms with Crippen molar-refractivity contribution in [2.75, 3.05) is 0 Å².